The van der Waals surface area contributed by atoms with Crippen LogP contribution >= 0.6 is 0 Å². The smallest absolute Gasteiger partial charge is 0.244 e. The SMILES string of the molecule is Cc1c(-c2ccc3cnc(Nc4cnn(CC(=O)N5CCN(C6CCN(c7cccc8c(C9CCC(=O)NC9=O)nn(C)c78)CC6)CC5)c4)nc3c2)cnc2c1NCCO2. The molecular weight excluding hydrogens is 763 g/mol. The lowest BCUT2D eigenvalue weighted by molar-refractivity contribution is -0.135. The van der Waals surface area contributed by atoms with Gasteiger partial charge in [0.05, 0.1) is 40.2 Å². The molecule has 1 atom stereocenters. The van der Waals surface area contributed by atoms with Gasteiger partial charge in [-0.1, -0.05) is 24.3 Å². The van der Waals surface area contributed by atoms with Gasteiger partial charge in [-0.25, -0.2) is 15.0 Å². The standard InChI is InChI=1S/C43H47N13O4/c1-26-33(23-45-42-38(26)44-12-19-60-42)27-6-7-28-21-46-43(49-34(28)20-27)48-29-22-47-56(24-29)25-37(58)55-17-15-53(16-18-55)30-10-13-54(14-11-30)35-5-3-4-31-39(51-52(2)40(31)35)32-8-9-36(57)50-41(32)59/h3-7,20-24,30,32,44H,8-19,25H2,1-2H3,(H,46,48,49)(H,50,57,59). The summed E-state index contributed by atoms with van der Waals surface area (Å²) < 4.78 is 9.25. The number of piperidine rings is 2. The Morgan fingerprint density at radius 2 is 1.83 bits per heavy atom. The topological polar surface area (TPSA) is 181 Å². The van der Waals surface area contributed by atoms with E-state index in [-0.39, 0.29) is 24.3 Å². The number of fused-ring (bicyclic) bond motifs is 3. The molecular formula is C43H47N13O4. The summed E-state index contributed by atoms with van der Waals surface area (Å²) in [5.74, 6) is 0.199. The molecule has 8 heterocycles. The fraction of sp³-hybridized carbons (Fsp3) is 0.395. The minimum atomic E-state index is -0.428. The third kappa shape index (κ3) is 7.12. The number of imide groups is 1. The van der Waals surface area contributed by atoms with Crippen LogP contribution < -0.4 is 25.6 Å². The van der Waals surface area contributed by atoms with Crippen LogP contribution in [0.3, 0.4) is 0 Å². The number of nitrogens with one attached hydrogen (secondary N) is 3. The van der Waals surface area contributed by atoms with E-state index in [1.165, 1.54) is 0 Å². The van der Waals surface area contributed by atoms with Gasteiger partial charge in [0.1, 0.15) is 18.8 Å². The number of nitrogens with zero attached hydrogens (tertiary/aromatic N) is 10. The molecule has 0 aliphatic carbocycles. The second-order valence-corrected chi connectivity index (χ2v) is 16.1. The van der Waals surface area contributed by atoms with E-state index in [2.05, 4.69) is 59.9 Å². The average molecular weight is 810 g/mol. The van der Waals surface area contributed by atoms with E-state index >= 15 is 0 Å². The summed E-state index contributed by atoms with van der Waals surface area (Å²) in [4.78, 5) is 58.6. The molecule has 17 nitrogen and oxygen atoms in total. The number of pyridine rings is 1. The molecule has 308 valence electrons. The maximum atomic E-state index is 13.4. The summed E-state index contributed by atoms with van der Waals surface area (Å²) in [6.45, 7) is 8.42. The summed E-state index contributed by atoms with van der Waals surface area (Å²) in [6.07, 6.45) is 9.98. The van der Waals surface area contributed by atoms with Gasteiger partial charge in [-0.15, -0.1) is 0 Å². The summed E-state index contributed by atoms with van der Waals surface area (Å²) >= 11 is 0. The van der Waals surface area contributed by atoms with Crippen LogP contribution in [0.1, 0.15) is 42.9 Å². The zero-order valence-electron chi connectivity index (χ0n) is 33.7. The van der Waals surface area contributed by atoms with E-state index in [9.17, 15) is 14.4 Å². The highest BCUT2D eigenvalue weighted by molar-refractivity contribution is 6.03. The molecule has 2 aromatic carbocycles. The minimum Gasteiger partial charge on any atom is -0.474 e. The number of hydrogen-bond donors (Lipinski definition) is 3. The molecule has 3 saturated heterocycles. The summed E-state index contributed by atoms with van der Waals surface area (Å²) in [6, 6.07) is 12.8. The molecule has 10 rings (SSSR count). The highest BCUT2D eigenvalue weighted by Gasteiger charge is 2.34. The highest BCUT2D eigenvalue weighted by Crippen LogP contribution is 2.37. The number of amides is 3. The van der Waals surface area contributed by atoms with Crippen molar-refractivity contribution >= 4 is 62.5 Å². The Balaban J connectivity index is 0.724. The van der Waals surface area contributed by atoms with Gasteiger partial charge in [-0.3, -0.25) is 34.0 Å². The van der Waals surface area contributed by atoms with Gasteiger partial charge in [0, 0.05) is 100 Å². The molecule has 0 spiro atoms. The third-order valence-electron chi connectivity index (χ3n) is 12.5. The van der Waals surface area contributed by atoms with Crippen LogP contribution in [-0.2, 0) is 28.0 Å². The van der Waals surface area contributed by atoms with E-state index in [4.69, 9.17) is 14.8 Å². The van der Waals surface area contributed by atoms with Crippen molar-refractivity contribution in [2.24, 2.45) is 7.05 Å². The second-order valence-electron chi connectivity index (χ2n) is 16.1. The zero-order chi connectivity index (χ0) is 40.9. The normalized spacial score (nSPS) is 18.9. The number of para-hydroxylation sites is 1. The van der Waals surface area contributed by atoms with Gasteiger partial charge in [0.15, 0.2) is 0 Å². The van der Waals surface area contributed by atoms with Gasteiger partial charge >= 0.3 is 0 Å². The molecule has 1 unspecified atom stereocenters. The van der Waals surface area contributed by atoms with E-state index in [0.717, 1.165) is 101 Å². The Morgan fingerprint density at radius 1 is 0.983 bits per heavy atom. The number of piperazine rings is 1. The van der Waals surface area contributed by atoms with E-state index < -0.39 is 5.92 Å². The van der Waals surface area contributed by atoms with Gasteiger partial charge in [0.25, 0.3) is 0 Å². The Hall–Kier alpha value is -6.62. The van der Waals surface area contributed by atoms with Crippen molar-refractivity contribution < 1.29 is 19.1 Å². The number of benzene rings is 2. The van der Waals surface area contributed by atoms with E-state index in [0.29, 0.717) is 56.1 Å². The molecule has 0 radical (unpaired) electrons. The van der Waals surface area contributed by atoms with Crippen LogP contribution in [0.25, 0.3) is 32.9 Å². The first-order chi connectivity index (χ1) is 29.3. The van der Waals surface area contributed by atoms with Crippen molar-refractivity contribution in [3.05, 3.63) is 72.4 Å². The van der Waals surface area contributed by atoms with Crippen molar-refractivity contribution in [1.82, 2.24) is 49.6 Å². The predicted molar refractivity (Wildman–Crippen MR) is 226 cm³/mol. The lowest BCUT2D eigenvalue weighted by Crippen LogP contribution is -2.54. The van der Waals surface area contributed by atoms with Gasteiger partial charge in [-0.2, -0.15) is 10.2 Å². The molecule has 17 heteroatoms. The quantitative estimate of drug-likeness (QED) is 0.188. The van der Waals surface area contributed by atoms with Crippen LogP contribution in [0.5, 0.6) is 5.88 Å². The van der Waals surface area contributed by atoms with Gasteiger partial charge in [0.2, 0.25) is 29.5 Å². The number of aryl methyl sites for hydroxylation is 1. The number of carbonyl (C=O) groups is 3. The lowest BCUT2D eigenvalue weighted by atomic mass is 9.92. The van der Waals surface area contributed by atoms with Crippen molar-refractivity contribution in [3.63, 3.8) is 0 Å². The molecule has 0 bridgehead atoms. The molecule has 4 aromatic heterocycles. The van der Waals surface area contributed by atoms with Crippen LogP contribution in [0.4, 0.5) is 23.0 Å². The average Bonchev–Trinajstić information content (AvgIpc) is 3.86. The zero-order valence-corrected chi connectivity index (χ0v) is 33.7. The largest absolute Gasteiger partial charge is 0.474 e. The molecule has 4 aliphatic heterocycles. The van der Waals surface area contributed by atoms with Crippen LogP contribution in [0.2, 0.25) is 0 Å². The lowest BCUT2D eigenvalue weighted by Gasteiger charge is -2.43. The van der Waals surface area contributed by atoms with Crippen LogP contribution in [0.15, 0.2) is 61.2 Å². The van der Waals surface area contributed by atoms with E-state index in [1.807, 2.05) is 53.3 Å². The Labute approximate surface area is 346 Å². The van der Waals surface area contributed by atoms with Crippen molar-refractivity contribution in [2.45, 2.75) is 51.1 Å². The van der Waals surface area contributed by atoms with Gasteiger partial charge in [-0.05, 0) is 49.4 Å². The number of rotatable bonds is 8. The highest BCUT2D eigenvalue weighted by atomic mass is 16.5. The van der Waals surface area contributed by atoms with Crippen LogP contribution in [0, 0.1) is 6.92 Å². The predicted octanol–water partition coefficient (Wildman–Crippen LogP) is 3.96. The molecule has 0 saturated carbocycles. The molecule has 6 aromatic rings. The molecule has 3 N–H and O–H groups in total. The number of hydrogen-bond acceptors (Lipinski definition) is 13. The van der Waals surface area contributed by atoms with Crippen molar-refractivity contribution in [2.75, 3.05) is 68.0 Å². The first-order valence-corrected chi connectivity index (χ1v) is 20.7. The van der Waals surface area contributed by atoms with Crippen molar-refractivity contribution in [3.8, 4) is 17.0 Å². The van der Waals surface area contributed by atoms with Gasteiger partial charge < -0.3 is 25.2 Å². The Bertz CT molecular complexity index is 2640. The van der Waals surface area contributed by atoms with E-state index in [1.54, 1.807) is 17.1 Å². The summed E-state index contributed by atoms with van der Waals surface area (Å²) in [7, 11) is 1.93. The third-order valence-corrected chi connectivity index (χ3v) is 12.5. The Morgan fingerprint density at radius 3 is 2.67 bits per heavy atom. The molecule has 3 fully saturated rings. The van der Waals surface area contributed by atoms with Crippen molar-refractivity contribution in [1.29, 1.82) is 0 Å². The Kier molecular flexibility index (Phi) is 9.74. The number of ether oxygens (including phenoxy) is 1. The first-order valence-electron chi connectivity index (χ1n) is 20.7. The molecule has 3 amide bonds. The fourth-order valence-electron chi connectivity index (χ4n) is 9.26. The molecule has 60 heavy (non-hydrogen) atoms. The number of carbonyl (C=O) groups excluding carboxylic acids is 3. The monoisotopic (exact) mass is 809 g/mol. The number of anilines is 4. The fourth-order valence-corrected chi connectivity index (χ4v) is 9.26. The maximum Gasteiger partial charge on any atom is 0.244 e. The second kappa shape index (κ2) is 15.5. The summed E-state index contributed by atoms with van der Waals surface area (Å²) in [5.41, 5.74) is 8.39. The van der Waals surface area contributed by atoms with Crippen LogP contribution in [-0.4, -0.2) is 120 Å². The number of aromatic nitrogens is 7. The first kappa shape index (κ1) is 37.6. The molecule has 4 aliphatic rings. The minimum absolute atomic E-state index is 0.0447. The maximum absolute atomic E-state index is 13.4. The summed E-state index contributed by atoms with van der Waals surface area (Å²) in [5, 5.41) is 20.3.